The molecular weight excluding hydrogens is 268 g/mol. The average Bonchev–Trinajstić information content (AvgIpc) is 2.54. The molecule has 0 unspecified atom stereocenters. The van der Waals surface area contributed by atoms with E-state index in [4.69, 9.17) is 14.2 Å². The summed E-state index contributed by atoms with van der Waals surface area (Å²) >= 11 is 0. The van der Waals surface area contributed by atoms with E-state index in [1.165, 1.54) is 0 Å². The van der Waals surface area contributed by atoms with Gasteiger partial charge in [-0.1, -0.05) is 0 Å². The van der Waals surface area contributed by atoms with Crippen molar-refractivity contribution in [3.8, 4) is 17.2 Å². The van der Waals surface area contributed by atoms with Crippen LogP contribution in [0.1, 0.15) is 22.8 Å². The Morgan fingerprint density at radius 3 is 1.90 bits per heavy atom. The van der Waals surface area contributed by atoms with E-state index in [-0.39, 0.29) is 5.78 Å². The van der Waals surface area contributed by atoms with Crippen LogP contribution < -0.4 is 14.2 Å². The van der Waals surface area contributed by atoms with Gasteiger partial charge in [0.25, 0.3) is 0 Å². The van der Waals surface area contributed by atoms with E-state index < -0.39 is 0 Å². The Morgan fingerprint density at radius 2 is 1.43 bits per heavy atom. The highest BCUT2D eigenvalue weighted by Gasteiger charge is 2.12. The molecule has 0 saturated carbocycles. The minimum Gasteiger partial charge on any atom is -0.497 e. The topological polar surface area (TPSA) is 44.8 Å². The van der Waals surface area contributed by atoms with Crippen LogP contribution in [0.3, 0.4) is 0 Å². The molecule has 0 aliphatic carbocycles. The molecule has 2 aromatic rings. The summed E-state index contributed by atoms with van der Waals surface area (Å²) in [7, 11) is 3.11. The number of ether oxygens (including phenoxy) is 3. The van der Waals surface area contributed by atoms with Gasteiger partial charge < -0.3 is 14.2 Å². The third-order valence-corrected chi connectivity index (χ3v) is 3.04. The zero-order valence-corrected chi connectivity index (χ0v) is 12.4. The predicted octanol–water partition coefficient (Wildman–Crippen LogP) is 3.33. The van der Waals surface area contributed by atoms with E-state index in [1.807, 2.05) is 6.92 Å². The van der Waals surface area contributed by atoms with Crippen LogP contribution in [-0.4, -0.2) is 26.6 Å². The molecule has 0 aliphatic heterocycles. The summed E-state index contributed by atoms with van der Waals surface area (Å²) in [4.78, 5) is 12.5. The van der Waals surface area contributed by atoms with E-state index in [0.29, 0.717) is 29.2 Å². The fourth-order valence-corrected chi connectivity index (χ4v) is 1.97. The van der Waals surface area contributed by atoms with Gasteiger partial charge in [0.2, 0.25) is 0 Å². The Bertz CT molecular complexity index is 595. The number of rotatable bonds is 6. The van der Waals surface area contributed by atoms with Crippen LogP contribution in [0.4, 0.5) is 0 Å². The highest BCUT2D eigenvalue weighted by atomic mass is 16.5. The third kappa shape index (κ3) is 3.54. The number of benzene rings is 2. The van der Waals surface area contributed by atoms with Gasteiger partial charge in [0.05, 0.1) is 20.8 Å². The summed E-state index contributed by atoms with van der Waals surface area (Å²) in [6.07, 6.45) is 0. The van der Waals surface area contributed by atoms with E-state index in [2.05, 4.69) is 0 Å². The first-order valence-electron chi connectivity index (χ1n) is 6.68. The second-order valence-electron chi connectivity index (χ2n) is 4.39. The summed E-state index contributed by atoms with van der Waals surface area (Å²) in [5.41, 5.74) is 1.11. The Kier molecular flexibility index (Phi) is 4.82. The minimum absolute atomic E-state index is 0.0877. The number of hydrogen-bond acceptors (Lipinski definition) is 4. The van der Waals surface area contributed by atoms with Crippen LogP contribution in [0, 0.1) is 0 Å². The van der Waals surface area contributed by atoms with Crippen molar-refractivity contribution in [2.75, 3.05) is 20.8 Å². The molecule has 4 nitrogen and oxygen atoms in total. The highest BCUT2D eigenvalue weighted by Crippen LogP contribution is 2.24. The number of ketones is 1. The molecule has 0 radical (unpaired) electrons. The zero-order valence-electron chi connectivity index (χ0n) is 12.4. The van der Waals surface area contributed by atoms with Gasteiger partial charge in [-0.2, -0.15) is 0 Å². The second-order valence-corrected chi connectivity index (χ2v) is 4.39. The molecule has 0 bridgehead atoms. The molecule has 0 saturated heterocycles. The summed E-state index contributed by atoms with van der Waals surface area (Å²) in [6.45, 7) is 2.52. The summed E-state index contributed by atoms with van der Waals surface area (Å²) in [5.74, 6) is 1.83. The lowest BCUT2D eigenvalue weighted by Crippen LogP contribution is -2.02. The van der Waals surface area contributed by atoms with Gasteiger partial charge >= 0.3 is 0 Å². The van der Waals surface area contributed by atoms with Crippen molar-refractivity contribution in [1.82, 2.24) is 0 Å². The van der Waals surface area contributed by atoms with Gasteiger partial charge in [-0.25, -0.2) is 0 Å². The van der Waals surface area contributed by atoms with E-state index >= 15 is 0 Å². The fraction of sp³-hybridized carbons (Fsp3) is 0.235. The molecular formula is C17H18O4. The first-order valence-corrected chi connectivity index (χ1v) is 6.68. The molecule has 0 spiro atoms. The lowest BCUT2D eigenvalue weighted by molar-refractivity contribution is 0.103. The van der Waals surface area contributed by atoms with Crippen molar-refractivity contribution in [3.63, 3.8) is 0 Å². The molecule has 4 heteroatoms. The van der Waals surface area contributed by atoms with Gasteiger partial charge in [0.15, 0.2) is 5.78 Å². The molecule has 0 atom stereocenters. The van der Waals surface area contributed by atoms with Crippen LogP contribution in [-0.2, 0) is 0 Å². The molecule has 0 heterocycles. The van der Waals surface area contributed by atoms with Crippen molar-refractivity contribution >= 4 is 5.78 Å². The van der Waals surface area contributed by atoms with Crippen molar-refractivity contribution in [2.45, 2.75) is 6.92 Å². The Labute approximate surface area is 124 Å². The summed E-state index contributed by atoms with van der Waals surface area (Å²) in [5, 5.41) is 0. The normalized spacial score (nSPS) is 10.0. The lowest BCUT2D eigenvalue weighted by atomic mass is 10.0. The molecule has 2 rings (SSSR count). The Hall–Kier alpha value is -2.49. The van der Waals surface area contributed by atoms with Crippen LogP contribution >= 0.6 is 0 Å². The fourth-order valence-electron chi connectivity index (χ4n) is 1.97. The molecule has 0 aromatic heterocycles. The molecule has 21 heavy (non-hydrogen) atoms. The SMILES string of the molecule is CCOc1ccc(C(=O)c2cc(OC)cc(OC)c2)cc1. The van der Waals surface area contributed by atoms with Crippen molar-refractivity contribution < 1.29 is 19.0 Å². The van der Waals surface area contributed by atoms with Crippen molar-refractivity contribution in [3.05, 3.63) is 53.6 Å². The molecule has 2 aromatic carbocycles. The van der Waals surface area contributed by atoms with Crippen molar-refractivity contribution in [1.29, 1.82) is 0 Å². The number of carbonyl (C=O) groups excluding carboxylic acids is 1. The molecule has 0 fully saturated rings. The molecule has 0 N–H and O–H groups in total. The van der Waals surface area contributed by atoms with E-state index in [9.17, 15) is 4.79 Å². The monoisotopic (exact) mass is 286 g/mol. The largest absolute Gasteiger partial charge is 0.497 e. The smallest absolute Gasteiger partial charge is 0.193 e. The second kappa shape index (κ2) is 6.79. The average molecular weight is 286 g/mol. The first kappa shape index (κ1) is 14.9. The maximum Gasteiger partial charge on any atom is 0.193 e. The van der Waals surface area contributed by atoms with Crippen LogP contribution in [0.25, 0.3) is 0 Å². The van der Waals surface area contributed by atoms with Crippen molar-refractivity contribution in [2.24, 2.45) is 0 Å². The maximum absolute atomic E-state index is 12.5. The lowest BCUT2D eigenvalue weighted by Gasteiger charge is -2.08. The summed E-state index contributed by atoms with van der Waals surface area (Å²) < 4.78 is 15.7. The number of hydrogen-bond donors (Lipinski definition) is 0. The molecule has 0 aliphatic rings. The Morgan fingerprint density at radius 1 is 0.857 bits per heavy atom. The van der Waals surface area contributed by atoms with E-state index in [1.54, 1.807) is 56.7 Å². The summed E-state index contributed by atoms with van der Waals surface area (Å²) in [6, 6.07) is 12.2. The predicted molar refractivity (Wildman–Crippen MR) is 80.6 cm³/mol. The zero-order chi connectivity index (χ0) is 15.2. The third-order valence-electron chi connectivity index (χ3n) is 3.04. The van der Waals surface area contributed by atoms with Gasteiger partial charge in [0, 0.05) is 17.2 Å². The molecule has 0 amide bonds. The quantitative estimate of drug-likeness (QED) is 0.764. The maximum atomic E-state index is 12.5. The van der Waals surface area contributed by atoms with Gasteiger partial charge in [-0.3, -0.25) is 4.79 Å². The minimum atomic E-state index is -0.0877. The van der Waals surface area contributed by atoms with Crippen LogP contribution in [0.15, 0.2) is 42.5 Å². The first-order chi connectivity index (χ1) is 10.2. The number of carbonyl (C=O) groups is 1. The van der Waals surface area contributed by atoms with E-state index in [0.717, 1.165) is 5.75 Å². The highest BCUT2D eigenvalue weighted by molar-refractivity contribution is 6.09. The van der Waals surface area contributed by atoms with Gasteiger partial charge in [0.1, 0.15) is 17.2 Å². The van der Waals surface area contributed by atoms with Gasteiger partial charge in [-0.15, -0.1) is 0 Å². The van der Waals surface area contributed by atoms with Crippen LogP contribution in [0.2, 0.25) is 0 Å². The Balaban J connectivity index is 2.30. The standard InChI is InChI=1S/C17H18O4/c1-4-21-14-7-5-12(6-8-14)17(18)13-9-15(19-2)11-16(10-13)20-3/h5-11H,4H2,1-3H3. The van der Waals surface area contributed by atoms with Crippen LogP contribution in [0.5, 0.6) is 17.2 Å². The number of methoxy groups -OCH3 is 2. The molecule has 110 valence electrons. The van der Waals surface area contributed by atoms with Gasteiger partial charge in [-0.05, 0) is 43.3 Å².